The molecule has 2 heteroatoms. The summed E-state index contributed by atoms with van der Waals surface area (Å²) in [5, 5.41) is 0. The van der Waals surface area contributed by atoms with Crippen LogP contribution in [0.1, 0.15) is 65.7 Å². The Labute approximate surface area is 111 Å². The summed E-state index contributed by atoms with van der Waals surface area (Å²) < 4.78 is 2.53. The van der Waals surface area contributed by atoms with Crippen molar-refractivity contribution < 1.29 is 4.79 Å². The molecule has 0 amide bonds. The van der Waals surface area contributed by atoms with Crippen LogP contribution in [0.4, 0.5) is 0 Å². The second-order valence-electron chi connectivity index (χ2n) is 4.09. The Morgan fingerprint density at radius 3 is 2.31 bits per heavy atom. The number of allylic oxidation sites excluding steroid dienone is 2. The molecular weight excluding hydrogens is 312 g/mol. The molecule has 0 aliphatic heterocycles. The molecule has 0 fully saturated rings. The Balaban J connectivity index is 4.14. The number of rotatable bonds is 10. The summed E-state index contributed by atoms with van der Waals surface area (Å²) in [5.41, 5.74) is 0. The summed E-state index contributed by atoms with van der Waals surface area (Å²) in [6.07, 6.45) is 10.1. The number of unbranched alkanes of at least 4 members (excludes halogenated alkanes) is 3. The number of ketones is 1. The summed E-state index contributed by atoms with van der Waals surface area (Å²) in [5.74, 6) is 0.442. The van der Waals surface area contributed by atoms with Gasteiger partial charge < -0.3 is 0 Å². The first kappa shape index (κ1) is 16.2. The minimum absolute atomic E-state index is 0.189. The third-order valence-corrected chi connectivity index (χ3v) is 5.81. The maximum absolute atomic E-state index is 11.9. The Bertz CT molecular complexity index is 209. The third kappa shape index (κ3) is 8.36. The fourth-order valence-electron chi connectivity index (χ4n) is 1.37. The summed E-state index contributed by atoms with van der Waals surface area (Å²) in [6.45, 7) is 6.52. The van der Waals surface area contributed by atoms with Gasteiger partial charge in [-0.1, -0.05) is 0 Å². The van der Waals surface area contributed by atoms with Gasteiger partial charge in [0.15, 0.2) is 0 Å². The van der Waals surface area contributed by atoms with Crippen LogP contribution < -0.4 is 0 Å². The molecule has 0 unspecified atom stereocenters. The van der Waals surface area contributed by atoms with E-state index in [4.69, 9.17) is 0 Å². The van der Waals surface area contributed by atoms with Crippen LogP contribution in [0, 0.1) is 0 Å². The number of hydrogen-bond acceptors (Lipinski definition) is 1. The van der Waals surface area contributed by atoms with E-state index in [1.165, 1.54) is 33.8 Å². The minimum atomic E-state index is -0.189. The average Bonchev–Trinajstić information content (AvgIpc) is 2.28. The fourth-order valence-corrected chi connectivity index (χ4v) is 4.65. The standard InChI is InChI=1S/C14H26OTe/c1-4-7-9-11-14(13(15)10-6-3)16-12-8-5-2/h11H,4-10,12H2,1-3H3/b14-11-. The van der Waals surface area contributed by atoms with Gasteiger partial charge in [0.2, 0.25) is 0 Å². The molecule has 0 saturated carbocycles. The van der Waals surface area contributed by atoms with Crippen molar-refractivity contribution in [1.29, 1.82) is 0 Å². The molecule has 0 radical (unpaired) electrons. The molecule has 0 spiro atoms. The van der Waals surface area contributed by atoms with E-state index in [0.717, 1.165) is 19.3 Å². The van der Waals surface area contributed by atoms with Gasteiger partial charge in [-0.25, -0.2) is 0 Å². The van der Waals surface area contributed by atoms with Gasteiger partial charge in [-0.15, -0.1) is 0 Å². The van der Waals surface area contributed by atoms with Gasteiger partial charge >= 0.3 is 111 Å². The van der Waals surface area contributed by atoms with Gasteiger partial charge in [0.25, 0.3) is 0 Å². The summed E-state index contributed by atoms with van der Waals surface area (Å²) in [7, 11) is 0. The Kier molecular flexibility index (Phi) is 11.8. The molecule has 0 aromatic heterocycles. The molecule has 0 heterocycles. The molecule has 0 bridgehead atoms. The zero-order valence-electron chi connectivity index (χ0n) is 11.1. The Morgan fingerprint density at radius 2 is 1.75 bits per heavy atom. The second-order valence-corrected chi connectivity index (χ2v) is 7.33. The first-order valence-electron chi connectivity index (χ1n) is 6.62. The zero-order chi connectivity index (χ0) is 12.2. The van der Waals surface area contributed by atoms with Crippen molar-refractivity contribution in [2.75, 3.05) is 0 Å². The molecule has 1 nitrogen and oxygen atoms in total. The van der Waals surface area contributed by atoms with Crippen LogP contribution in [0.5, 0.6) is 0 Å². The van der Waals surface area contributed by atoms with Crippen LogP contribution in [0.25, 0.3) is 0 Å². The number of hydrogen-bond donors (Lipinski definition) is 0. The van der Waals surface area contributed by atoms with E-state index < -0.39 is 0 Å². The predicted octanol–water partition coefficient (Wildman–Crippen LogP) is 4.35. The Hall–Kier alpha value is 0.200. The van der Waals surface area contributed by atoms with Crippen molar-refractivity contribution in [2.24, 2.45) is 0 Å². The molecule has 0 aromatic rings. The van der Waals surface area contributed by atoms with Crippen molar-refractivity contribution in [3.8, 4) is 0 Å². The second kappa shape index (κ2) is 11.7. The molecular formula is C14H26OTe. The van der Waals surface area contributed by atoms with Gasteiger partial charge in [0.05, 0.1) is 0 Å². The van der Waals surface area contributed by atoms with Crippen LogP contribution in [0.15, 0.2) is 9.70 Å². The topological polar surface area (TPSA) is 17.1 Å². The molecule has 0 aliphatic carbocycles. The normalized spacial score (nSPS) is 11.8. The van der Waals surface area contributed by atoms with Crippen LogP contribution in [0.3, 0.4) is 0 Å². The molecule has 0 aromatic carbocycles. The van der Waals surface area contributed by atoms with E-state index >= 15 is 0 Å². The summed E-state index contributed by atoms with van der Waals surface area (Å²) in [4.78, 5) is 11.9. The number of carbonyl (C=O) groups excluding carboxylic acids is 1. The third-order valence-electron chi connectivity index (χ3n) is 2.39. The van der Waals surface area contributed by atoms with E-state index in [9.17, 15) is 4.79 Å². The molecule has 0 aliphatic rings. The fraction of sp³-hybridized carbons (Fsp3) is 0.786. The van der Waals surface area contributed by atoms with Crippen molar-refractivity contribution in [1.82, 2.24) is 0 Å². The van der Waals surface area contributed by atoms with Crippen molar-refractivity contribution in [3.05, 3.63) is 9.70 Å². The summed E-state index contributed by atoms with van der Waals surface area (Å²) in [6, 6.07) is 0. The first-order valence-corrected chi connectivity index (χ1v) is 9.43. The maximum atomic E-state index is 11.9. The molecule has 16 heavy (non-hydrogen) atoms. The van der Waals surface area contributed by atoms with Gasteiger partial charge in [0.1, 0.15) is 0 Å². The van der Waals surface area contributed by atoms with Crippen molar-refractivity contribution >= 4 is 26.7 Å². The van der Waals surface area contributed by atoms with Crippen LogP contribution >= 0.6 is 0 Å². The van der Waals surface area contributed by atoms with E-state index in [1.807, 2.05) is 0 Å². The Morgan fingerprint density at radius 1 is 1.06 bits per heavy atom. The van der Waals surface area contributed by atoms with E-state index in [0.29, 0.717) is 5.78 Å². The molecule has 0 atom stereocenters. The molecule has 0 saturated heterocycles. The zero-order valence-corrected chi connectivity index (χ0v) is 13.4. The number of Topliss-reactive ketones (excluding diaryl/α,β-unsaturated/α-hetero) is 1. The number of carbonyl (C=O) groups is 1. The van der Waals surface area contributed by atoms with E-state index in [2.05, 4.69) is 26.8 Å². The summed E-state index contributed by atoms with van der Waals surface area (Å²) >= 11 is -0.189. The van der Waals surface area contributed by atoms with E-state index in [-0.39, 0.29) is 20.9 Å². The first-order chi connectivity index (χ1) is 7.76. The predicted molar refractivity (Wildman–Crippen MR) is 73.0 cm³/mol. The SMILES string of the molecule is CCCC/C=C(\[Te]CCCC)C(=O)CCC. The van der Waals surface area contributed by atoms with E-state index in [1.54, 1.807) is 0 Å². The molecule has 0 rings (SSSR count). The molecule has 0 N–H and O–H groups in total. The quantitative estimate of drug-likeness (QED) is 0.329. The molecule has 94 valence electrons. The van der Waals surface area contributed by atoms with Crippen LogP contribution in [0.2, 0.25) is 4.47 Å². The van der Waals surface area contributed by atoms with Crippen LogP contribution in [-0.4, -0.2) is 26.7 Å². The average molecular weight is 338 g/mol. The van der Waals surface area contributed by atoms with Gasteiger partial charge in [-0.3, -0.25) is 0 Å². The van der Waals surface area contributed by atoms with Crippen molar-refractivity contribution in [2.45, 2.75) is 70.2 Å². The van der Waals surface area contributed by atoms with Gasteiger partial charge in [-0.2, -0.15) is 0 Å². The van der Waals surface area contributed by atoms with Gasteiger partial charge in [-0.05, 0) is 0 Å². The van der Waals surface area contributed by atoms with Crippen molar-refractivity contribution in [3.63, 3.8) is 0 Å². The monoisotopic (exact) mass is 340 g/mol. The van der Waals surface area contributed by atoms with Gasteiger partial charge in [0, 0.05) is 0 Å². The van der Waals surface area contributed by atoms with Crippen LogP contribution in [-0.2, 0) is 4.79 Å².